The Morgan fingerprint density at radius 2 is 1.91 bits per heavy atom. The van der Waals surface area contributed by atoms with E-state index in [4.69, 9.17) is 11.6 Å². The maximum absolute atomic E-state index is 12.2. The van der Waals surface area contributed by atoms with Gasteiger partial charge in [-0.25, -0.2) is 0 Å². The molecule has 1 unspecified atom stereocenters. The van der Waals surface area contributed by atoms with E-state index >= 15 is 0 Å². The first-order valence-electron chi connectivity index (χ1n) is 7.99. The molecule has 0 aromatic heterocycles. The Bertz CT molecular complexity index is 475. The molecule has 4 nitrogen and oxygen atoms in total. The van der Waals surface area contributed by atoms with E-state index in [1.807, 2.05) is 17.0 Å². The second-order valence-corrected chi connectivity index (χ2v) is 6.48. The van der Waals surface area contributed by atoms with Crippen molar-refractivity contribution in [1.82, 2.24) is 15.1 Å². The molecular formula is C17H27Cl2N3O. The molecule has 23 heavy (non-hydrogen) atoms. The van der Waals surface area contributed by atoms with E-state index < -0.39 is 0 Å². The van der Waals surface area contributed by atoms with Crippen molar-refractivity contribution in [3.63, 3.8) is 0 Å². The minimum absolute atomic E-state index is 0. The zero-order chi connectivity index (χ0) is 15.9. The lowest BCUT2D eigenvalue weighted by atomic mass is 10.1. The number of amides is 1. The fraction of sp³-hybridized carbons (Fsp3) is 0.588. The highest BCUT2D eigenvalue weighted by Crippen LogP contribution is 2.13. The smallest absolute Gasteiger partial charge is 0.223 e. The van der Waals surface area contributed by atoms with Gasteiger partial charge in [0.1, 0.15) is 0 Å². The molecule has 1 aromatic carbocycles. The van der Waals surface area contributed by atoms with Gasteiger partial charge in [-0.05, 0) is 38.1 Å². The van der Waals surface area contributed by atoms with Gasteiger partial charge in [-0.3, -0.25) is 4.79 Å². The summed E-state index contributed by atoms with van der Waals surface area (Å²) in [6.45, 7) is 6.50. The van der Waals surface area contributed by atoms with E-state index in [9.17, 15) is 4.79 Å². The zero-order valence-corrected chi connectivity index (χ0v) is 15.5. The number of benzene rings is 1. The summed E-state index contributed by atoms with van der Waals surface area (Å²) in [5, 5.41) is 4.04. The topological polar surface area (TPSA) is 35.6 Å². The molecule has 0 saturated carbocycles. The van der Waals surface area contributed by atoms with Crippen molar-refractivity contribution in [3.05, 3.63) is 34.9 Å². The Morgan fingerprint density at radius 3 is 2.52 bits per heavy atom. The third-order valence-corrected chi connectivity index (χ3v) is 4.60. The largest absolute Gasteiger partial charge is 0.340 e. The van der Waals surface area contributed by atoms with E-state index in [0.29, 0.717) is 12.5 Å². The predicted molar refractivity (Wildman–Crippen MR) is 98.6 cm³/mol. The van der Waals surface area contributed by atoms with Gasteiger partial charge >= 0.3 is 0 Å². The summed E-state index contributed by atoms with van der Waals surface area (Å²) in [6, 6.07) is 8.39. The summed E-state index contributed by atoms with van der Waals surface area (Å²) >= 11 is 5.91. The van der Waals surface area contributed by atoms with Crippen molar-refractivity contribution in [2.75, 3.05) is 39.8 Å². The van der Waals surface area contributed by atoms with Crippen molar-refractivity contribution >= 4 is 29.9 Å². The normalized spacial score (nSPS) is 16.1. The Hall–Kier alpha value is -0.810. The number of carbonyl (C=O) groups is 1. The summed E-state index contributed by atoms with van der Waals surface area (Å²) in [4.78, 5) is 16.4. The Kier molecular flexibility index (Phi) is 8.92. The predicted octanol–water partition coefficient (Wildman–Crippen LogP) is 2.45. The van der Waals surface area contributed by atoms with Crippen LogP contribution in [0.25, 0.3) is 0 Å². The number of likely N-dealkylation sites (N-methyl/N-ethyl adjacent to an activating group) is 1. The first-order chi connectivity index (χ1) is 10.6. The van der Waals surface area contributed by atoms with Gasteiger partial charge in [-0.2, -0.15) is 0 Å². The van der Waals surface area contributed by atoms with E-state index in [-0.39, 0.29) is 18.3 Å². The molecule has 0 bridgehead atoms. The molecule has 1 aliphatic rings. The molecule has 0 aliphatic carbocycles. The molecule has 1 N–H and O–H groups in total. The van der Waals surface area contributed by atoms with Crippen molar-refractivity contribution in [2.24, 2.45) is 0 Å². The molecule has 1 atom stereocenters. The first-order valence-corrected chi connectivity index (χ1v) is 8.37. The third-order valence-electron chi connectivity index (χ3n) is 4.34. The number of halogens is 2. The maximum atomic E-state index is 12.2. The molecule has 1 amide bonds. The lowest BCUT2D eigenvalue weighted by Gasteiger charge is -2.29. The van der Waals surface area contributed by atoms with Crippen molar-refractivity contribution in [2.45, 2.75) is 25.8 Å². The SMILES string of the molecule is CC(Cc1ccc(Cl)cc1)N(C)CCC(=O)N1CCNCC1.Cl. The van der Waals surface area contributed by atoms with Gasteiger partial charge in [0.2, 0.25) is 5.91 Å². The van der Waals surface area contributed by atoms with Gasteiger partial charge in [0, 0.05) is 50.2 Å². The van der Waals surface area contributed by atoms with Gasteiger partial charge in [0.15, 0.2) is 0 Å². The molecule has 1 aromatic rings. The number of hydrogen-bond donors (Lipinski definition) is 1. The second-order valence-electron chi connectivity index (χ2n) is 6.04. The highest BCUT2D eigenvalue weighted by atomic mass is 35.5. The van der Waals surface area contributed by atoms with Crippen LogP contribution in [0.3, 0.4) is 0 Å². The van der Waals surface area contributed by atoms with Crippen LogP contribution in [0.15, 0.2) is 24.3 Å². The Morgan fingerprint density at radius 1 is 1.30 bits per heavy atom. The van der Waals surface area contributed by atoms with Crippen LogP contribution in [0.2, 0.25) is 5.02 Å². The number of piperazine rings is 1. The van der Waals surface area contributed by atoms with Gasteiger partial charge < -0.3 is 15.1 Å². The van der Waals surface area contributed by atoms with Crippen LogP contribution in [-0.2, 0) is 11.2 Å². The van der Waals surface area contributed by atoms with E-state index in [1.54, 1.807) is 0 Å². The number of hydrogen-bond acceptors (Lipinski definition) is 3. The lowest BCUT2D eigenvalue weighted by Crippen LogP contribution is -2.47. The Balaban J connectivity index is 0.00000264. The summed E-state index contributed by atoms with van der Waals surface area (Å²) in [7, 11) is 2.09. The zero-order valence-electron chi connectivity index (χ0n) is 13.9. The fourth-order valence-corrected chi connectivity index (χ4v) is 2.81. The molecule has 1 saturated heterocycles. The van der Waals surface area contributed by atoms with Crippen molar-refractivity contribution < 1.29 is 4.79 Å². The van der Waals surface area contributed by atoms with Crippen LogP contribution in [0, 0.1) is 0 Å². The highest BCUT2D eigenvalue weighted by molar-refractivity contribution is 6.30. The molecule has 0 spiro atoms. The van der Waals surface area contributed by atoms with E-state index in [2.05, 4.69) is 36.3 Å². The number of carbonyl (C=O) groups excluding carboxylic acids is 1. The maximum Gasteiger partial charge on any atom is 0.223 e. The van der Waals surface area contributed by atoms with Crippen LogP contribution in [-0.4, -0.2) is 61.5 Å². The average molecular weight is 360 g/mol. The molecule has 1 heterocycles. The molecule has 0 radical (unpaired) electrons. The van der Waals surface area contributed by atoms with Crippen molar-refractivity contribution in [1.29, 1.82) is 0 Å². The summed E-state index contributed by atoms with van der Waals surface area (Å²) in [6.07, 6.45) is 1.57. The molecule has 130 valence electrons. The number of rotatable bonds is 6. The van der Waals surface area contributed by atoms with Crippen LogP contribution >= 0.6 is 24.0 Å². The van der Waals surface area contributed by atoms with Gasteiger partial charge in [-0.1, -0.05) is 23.7 Å². The summed E-state index contributed by atoms with van der Waals surface area (Å²) in [5.74, 6) is 0.270. The molecular weight excluding hydrogens is 333 g/mol. The standard InChI is InChI=1S/C17H26ClN3O.ClH/c1-14(13-15-3-5-16(18)6-4-15)20(2)10-7-17(22)21-11-8-19-9-12-21;/h3-6,14,19H,7-13H2,1-2H3;1H. The van der Waals surface area contributed by atoms with E-state index in [0.717, 1.165) is 44.2 Å². The van der Waals surface area contributed by atoms with Crippen LogP contribution in [0.4, 0.5) is 0 Å². The van der Waals surface area contributed by atoms with Crippen LogP contribution in [0.1, 0.15) is 18.9 Å². The number of nitrogens with zero attached hydrogens (tertiary/aromatic N) is 2. The first kappa shape index (κ1) is 20.2. The number of nitrogens with one attached hydrogen (secondary N) is 1. The quantitative estimate of drug-likeness (QED) is 0.847. The fourth-order valence-electron chi connectivity index (χ4n) is 2.68. The minimum atomic E-state index is 0. The van der Waals surface area contributed by atoms with Gasteiger partial charge in [0.05, 0.1) is 0 Å². The van der Waals surface area contributed by atoms with Gasteiger partial charge in [0.25, 0.3) is 0 Å². The average Bonchev–Trinajstić information content (AvgIpc) is 2.55. The summed E-state index contributed by atoms with van der Waals surface area (Å²) < 4.78 is 0. The minimum Gasteiger partial charge on any atom is -0.340 e. The summed E-state index contributed by atoms with van der Waals surface area (Å²) in [5.41, 5.74) is 1.28. The molecule has 1 aliphatic heterocycles. The monoisotopic (exact) mass is 359 g/mol. The molecule has 6 heteroatoms. The lowest BCUT2D eigenvalue weighted by molar-refractivity contribution is -0.132. The highest BCUT2D eigenvalue weighted by Gasteiger charge is 2.17. The van der Waals surface area contributed by atoms with E-state index in [1.165, 1.54) is 5.56 Å². The van der Waals surface area contributed by atoms with Crippen LogP contribution < -0.4 is 5.32 Å². The Labute approximate surface area is 150 Å². The van der Waals surface area contributed by atoms with Crippen LogP contribution in [0.5, 0.6) is 0 Å². The van der Waals surface area contributed by atoms with Crippen molar-refractivity contribution in [3.8, 4) is 0 Å². The molecule has 2 rings (SSSR count). The van der Waals surface area contributed by atoms with Gasteiger partial charge in [-0.15, -0.1) is 12.4 Å². The third kappa shape index (κ3) is 6.68. The second kappa shape index (κ2) is 10.1. The molecule has 1 fully saturated rings.